The van der Waals surface area contributed by atoms with Crippen LogP contribution >= 0.6 is 0 Å². The molecule has 2 aromatic carbocycles. The number of benzene rings is 2. The number of nitrogens with one attached hydrogen (secondary N) is 1. The number of hydrogen-bond acceptors (Lipinski definition) is 3. The molecule has 0 radical (unpaired) electrons. The standard InChI is InChI=1S/C16H22N2O2S/c1-2-13(10-11-17)12-18-21(19,20)16-9-5-7-14-6-3-4-8-15(14)16/h3-9,13,18H,2,10-12,17H2,1H3. The molecular weight excluding hydrogens is 284 g/mol. The Morgan fingerprint density at radius 1 is 1.14 bits per heavy atom. The van der Waals surface area contributed by atoms with Crippen LogP contribution in [0, 0.1) is 5.92 Å². The van der Waals surface area contributed by atoms with Crippen LogP contribution in [0.3, 0.4) is 0 Å². The average molecular weight is 306 g/mol. The number of rotatable bonds is 7. The Balaban J connectivity index is 2.26. The van der Waals surface area contributed by atoms with Gasteiger partial charge in [-0.2, -0.15) is 0 Å². The summed E-state index contributed by atoms with van der Waals surface area (Å²) in [5.41, 5.74) is 5.55. The SMILES string of the molecule is CCC(CCN)CNS(=O)(=O)c1cccc2ccccc12. The van der Waals surface area contributed by atoms with Gasteiger partial charge in [-0.25, -0.2) is 13.1 Å². The van der Waals surface area contributed by atoms with E-state index in [-0.39, 0.29) is 5.92 Å². The molecule has 0 heterocycles. The van der Waals surface area contributed by atoms with Crippen molar-refractivity contribution in [1.82, 2.24) is 4.72 Å². The van der Waals surface area contributed by atoms with Gasteiger partial charge in [0.15, 0.2) is 0 Å². The maximum atomic E-state index is 12.5. The van der Waals surface area contributed by atoms with Crippen molar-refractivity contribution in [3.63, 3.8) is 0 Å². The second kappa shape index (κ2) is 7.02. The summed E-state index contributed by atoms with van der Waals surface area (Å²) in [7, 11) is -3.50. The third-order valence-electron chi connectivity index (χ3n) is 3.75. The smallest absolute Gasteiger partial charge is 0.241 e. The summed E-state index contributed by atoms with van der Waals surface area (Å²) in [5, 5.41) is 1.67. The molecule has 4 nitrogen and oxygen atoms in total. The summed E-state index contributed by atoms with van der Waals surface area (Å²) in [6.45, 7) is 3.06. The number of fused-ring (bicyclic) bond motifs is 1. The molecule has 3 N–H and O–H groups in total. The third-order valence-corrected chi connectivity index (χ3v) is 5.24. The maximum absolute atomic E-state index is 12.5. The zero-order chi connectivity index (χ0) is 15.3. The second-order valence-corrected chi connectivity index (χ2v) is 6.92. The van der Waals surface area contributed by atoms with Gasteiger partial charge in [0.1, 0.15) is 0 Å². The van der Waals surface area contributed by atoms with Crippen LogP contribution in [0.5, 0.6) is 0 Å². The Labute approximate surface area is 126 Å². The molecule has 1 unspecified atom stereocenters. The molecule has 0 aliphatic heterocycles. The van der Waals surface area contributed by atoms with Crippen LogP contribution in [0.2, 0.25) is 0 Å². The average Bonchev–Trinajstić information content (AvgIpc) is 2.50. The van der Waals surface area contributed by atoms with Gasteiger partial charge in [-0.05, 0) is 30.3 Å². The predicted octanol–water partition coefficient (Wildman–Crippen LogP) is 2.49. The van der Waals surface area contributed by atoms with Gasteiger partial charge in [-0.3, -0.25) is 0 Å². The Hall–Kier alpha value is -1.43. The Bertz CT molecular complexity index is 693. The highest BCUT2D eigenvalue weighted by Gasteiger charge is 2.18. The van der Waals surface area contributed by atoms with Crippen molar-refractivity contribution in [3.8, 4) is 0 Å². The molecule has 0 saturated heterocycles. The van der Waals surface area contributed by atoms with E-state index in [1.165, 1.54) is 0 Å². The summed E-state index contributed by atoms with van der Waals surface area (Å²) in [6.07, 6.45) is 1.74. The molecule has 0 aliphatic carbocycles. The quantitative estimate of drug-likeness (QED) is 0.825. The van der Waals surface area contributed by atoms with E-state index in [1.54, 1.807) is 12.1 Å². The van der Waals surface area contributed by atoms with Crippen molar-refractivity contribution >= 4 is 20.8 Å². The summed E-state index contributed by atoms with van der Waals surface area (Å²) in [5.74, 6) is 0.278. The first-order chi connectivity index (χ1) is 10.1. The highest BCUT2D eigenvalue weighted by atomic mass is 32.2. The molecule has 1 atom stereocenters. The minimum Gasteiger partial charge on any atom is -0.330 e. The lowest BCUT2D eigenvalue weighted by atomic mass is 10.0. The van der Waals surface area contributed by atoms with E-state index in [9.17, 15) is 8.42 Å². The first kappa shape index (κ1) is 15.9. The molecule has 0 saturated carbocycles. The maximum Gasteiger partial charge on any atom is 0.241 e. The van der Waals surface area contributed by atoms with Gasteiger partial charge in [0.2, 0.25) is 10.0 Å². The van der Waals surface area contributed by atoms with Crippen molar-refractivity contribution in [1.29, 1.82) is 0 Å². The fourth-order valence-corrected chi connectivity index (χ4v) is 3.77. The molecule has 0 bridgehead atoms. The van der Waals surface area contributed by atoms with Crippen LogP contribution in [0.15, 0.2) is 47.4 Å². The van der Waals surface area contributed by atoms with Crippen LogP contribution in [-0.2, 0) is 10.0 Å². The minimum atomic E-state index is -3.50. The van der Waals surface area contributed by atoms with E-state index < -0.39 is 10.0 Å². The topological polar surface area (TPSA) is 72.2 Å². The zero-order valence-electron chi connectivity index (χ0n) is 12.2. The van der Waals surface area contributed by atoms with E-state index in [2.05, 4.69) is 4.72 Å². The fourth-order valence-electron chi connectivity index (χ4n) is 2.42. The van der Waals surface area contributed by atoms with Crippen LogP contribution in [0.1, 0.15) is 19.8 Å². The van der Waals surface area contributed by atoms with Crippen molar-refractivity contribution in [2.24, 2.45) is 11.7 Å². The Kier molecular flexibility index (Phi) is 5.33. The van der Waals surface area contributed by atoms with E-state index in [0.29, 0.717) is 18.0 Å². The van der Waals surface area contributed by atoms with E-state index in [4.69, 9.17) is 5.73 Å². The highest BCUT2D eigenvalue weighted by molar-refractivity contribution is 7.89. The van der Waals surface area contributed by atoms with Crippen molar-refractivity contribution in [2.45, 2.75) is 24.7 Å². The van der Waals surface area contributed by atoms with Gasteiger partial charge in [0, 0.05) is 11.9 Å². The van der Waals surface area contributed by atoms with Gasteiger partial charge < -0.3 is 5.73 Å². The number of nitrogens with two attached hydrogens (primary N) is 1. The van der Waals surface area contributed by atoms with Crippen molar-refractivity contribution in [3.05, 3.63) is 42.5 Å². The molecule has 2 rings (SSSR count). The fraction of sp³-hybridized carbons (Fsp3) is 0.375. The molecule has 0 fully saturated rings. The van der Waals surface area contributed by atoms with E-state index in [1.807, 2.05) is 37.3 Å². The van der Waals surface area contributed by atoms with Gasteiger partial charge in [-0.15, -0.1) is 0 Å². The van der Waals surface area contributed by atoms with Crippen LogP contribution in [-0.4, -0.2) is 21.5 Å². The zero-order valence-corrected chi connectivity index (χ0v) is 13.1. The van der Waals surface area contributed by atoms with Gasteiger partial charge in [0.25, 0.3) is 0 Å². The lowest BCUT2D eigenvalue weighted by Crippen LogP contribution is -2.30. The Morgan fingerprint density at radius 3 is 2.57 bits per heavy atom. The van der Waals surface area contributed by atoms with Crippen molar-refractivity contribution < 1.29 is 8.42 Å². The van der Waals surface area contributed by atoms with Gasteiger partial charge >= 0.3 is 0 Å². The predicted molar refractivity (Wildman–Crippen MR) is 86.6 cm³/mol. The molecule has 114 valence electrons. The normalized spacial score (nSPS) is 13.4. The molecule has 2 aromatic rings. The molecule has 0 amide bonds. The van der Waals surface area contributed by atoms with Gasteiger partial charge in [0.05, 0.1) is 4.90 Å². The van der Waals surface area contributed by atoms with Crippen LogP contribution in [0.4, 0.5) is 0 Å². The lowest BCUT2D eigenvalue weighted by molar-refractivity contribution is 0.466. The second-order valence-electron chi connectivity index (χ2n) is 5.18. The van der Waals surface area contributed by atoms with E-state index in [0.717, 1.165) is 23.6 Å². The molecule has 0 spiro atoms. The Morgan fingerprint density at radius 2 is 1.86 bits per heavy atom. The van der Waals surface area contributed by atoms with Crippen molar-refractivity contribution in [2.75, 3.05) is 13.1 Å². The number of sulfonamides is 1. The van der Waals surface area contributed by atoms with Crippen LogP contribution < -0.4 is 10.5 Å². The molecule has 0 aromatic heterocycles. The van der Waals surface area contributed by atoms with Gasteiger partial charge in [-0.1, -0.05) is 49.7 Å². The minimum absolute atomic E-state index is 0.278. The first-order valence-electron chi connectivity index (χ1n) is 7.26. The summed E-state index contributed by atoms with van der Waals surface area (Å²) in [6, 6.07) is 12.8. The monoisotopic (exact) mass is 306 g/mol. The highest BCUT2D eigenvalue weighted by Crippen LogP contribution is 2.22. The van der Waals surface area contributed by atoms with Crippen LogP contribution in [0.25, 0.3) is 10.8 Å². The first-order valence-corrected chi connectivity index (χ1v) is 8.74. The lowest BCUT2D eigenvalue weighted by Gasteiger charge is -2.15. The summed E-state index contributed by atoms with van der Waals surface area (Å²) < 4.78 is 27.8. The molecular formula is C16H22N2O2S. The molecule has 5 heteroatoms. The summed E-state index contributed by atoms with van der Waals surface area (Å²) in [4.78, 5) is 0.336. The molecule has 0 aliphatic rings. The number of hydrogen-bond donors (Lipinski definition) is 2. The third kappa shape index (κ3) is 3.81. The molecule has 21 heavy (non-hydrogen) atoms. The largest absolute Gasteiger partial charge is 0.330 e. The van der Waals surface area contributed by atoms with E-state index >= 15 is 0 Å². The summed E-state index contributed by atoms with van der Waals surface area (Å²) >= 11 is 0.